The zero-order chi connectivity index (χ0) is 18.7. The van der Waals surface area contributed by atoms with Crippen LogP contribution in [-0.2, 0) is 13.6 Å². The molecule has 0 aliphatic heterocycles. The second-order valence-corrected chi connectivity index (χ2v) is 6.22. The number of aromatic nitrogens is 4. The van der Waals surface area contributed by atoms with E-state index in [4.69, 9.17) is 0 Å². The maximum absolute atomic E-state index is 13.3. The lowest BCUT2D eigenvalue weighted by Gasteiger charge is -2.19. The summed E-state index contributed by atoms with van der Waals surface area (Å²) in [5.74, 6) is 0.112. The summed E-state index contributed by atoms with van der Waals surface area (Å²) in [7, 11) is 1.86. The van der Waals surface area contributed by atoms with Crippen molar-refractivity contribution < 1.29 is 9.18 Å². The van der Waals surface area contributed by atoms with Crippen molar-refractivity contribution in [3.05, 3.63) is 71.3 Å². The molecular weight excluding hydrogens is 333 g/mol. The van der Waals surface area contributed by atoms with Crippen LogP contribution in [0.2, 0.25) is 0 Å². The van der Waals surface area contributed by atoms with Crippen LogP contribution >= 0.6 is 0 Å². The van der Waals surface area contributed by atoms with Crippen LogP contribution in [0, 0.1) is 12.7 Å². The van der Waals surface area contributed by atoms with Gasteiger partial charge in [-0.05, 0) is 31.0 Å². The van der Waals surface area contributed by atoms with E-state index in [1.165, 1.54) is 12.1 Å². The molecule has 0 unspecified atom stereocenters. The summed E-state index contributed by atoms with van der Waals surface area (Å²) in [4.78, 5) is 17.2. The third-order valence-corrected chi connectivity index (χ3v) is 4.38. The number of amides is 1. The number of rotatable bonds is 6. The number of aryl methyl sites for hydroxylation is 2. The molecule has 3 aromatic rings. The minimum atomic E-state index is -0.489. The van der Waals surface area contributed by atoms with Gasteiger partial charge in [0.15, 0.2) is 0 Å². The van der Waals surface area contributed by atoms with Crippen LogP contribution in [0.15, 0.2) is 42.9 Å². The van der Waals surface area contributed by atoms with E-state index >= 15 is 0 Å². The summed E-state index contributed by atoms with van der Waals surface area (Å²) in [6.07, 6.45) is 6.00. The summed E-state index contributed by atoms with van der Waals surface area (Å²) in [5.41, 5.74) is 2.11. The van der Waals surface area contributed by atoms with Gasteiger partial charge in [0.2, 0.25) is 0 Å². The molecule has 0 bridgehead atoms. The summed E-state index contributed by atoms with van der Waals surface area (Å²) in [6.45, 7) is 4.71. The van der Waals surface area contributed by atoms with Crippen molar-refractivity contribution in [2.45, 2.75) is 32.9 Å². The average molecular weight is 355 g/mol. The number of halogens is 1. The Morgan fingerprint density at radius 3 is 2.65 bits per heavy atom. The Labute approximate surface area is 151 Å². The number of carbonyl (C=O) groups excluding carboxylic acids is 1. The highest BCUT2D eigenvalue weighted by molar-refractivity contribution is 5.95. The van der Waals surface area contributed by atoms with Crippen LogP contribution in [0.5, 0.6) is 0 Å². The minimum absolute atomic E-state index is 0.234. The fraction of sp³-hybridized carbons (Fsp3) is 0.316. The standard InChI is InChI=1S/C19H22FN5O/c1-4-10-25-13(2)16(12-22-25)19(26)23-17(18-21-9-11-24(18)3)14-5-7-15(20)8-6-14/h5-9,11-12,17H,4,10H2,1-3H3,(H,23,26)/t17-/m1/s1. The molecule has 26 heavy (non-hydrogen) atoms. The van der Waals surface area contributed by atoms with Gasteiger partial charge in [0, 0.05) is 31.7 Å². The van der Waals surface area contributed by atoms with Crippen molar-refractivity contribution in [3.63, 3.8) is 0 Å². The number of nitrogens with one attached hydrogen (secondary N) is 1. The Hall–Kier alpha value is -2.96. The lowest BCUT2D eigenvalue weighted by molar-refractivity contribution is 0.0940. The molecule has 1 aromatic carbocycles. The lowest BCUT2D eigenvalue weighted by atomic mass is 10.1. The van der Waals surface area contributed by atoms with Gasteiger partial charge in [-0.3, -0.25) is 9.48 Å². The zero-order valence-corrected chi connectivity index (χ0v) is 15.1. The number of imidazole rings is 1. The second kappa shape index (κ2) is 7.51. The molecule has 0 aliphatic carbocycles. The number of hydrogen-bond donors (Lipinski definition) is 1. The van der Waals surface area contributed by atoms with Crippen LogP contribution in [0.4, 0.5) is 4.39 Å². The third-order valence-electron chi connectivity index (χ3n) is 4.38. The van der Waals surface area contributed by atoms with Gasteiger partial charge in [-0.2, -0.15) is 5.10 Å². The molecule has 0 saturated heterocycles. The fourth-order valence-corrected chi connectivity index (χ4v) is 2.92. The van der Waals surface area contributed by atoms with Gasteiger partial charge >= 0.3 is 0 Å². The normalized spacial score (nSPS) is 12.2. The van der Waals surface area contributed by atoms with Crippen molar-refractivity contribution >= 4 is 5.91 Å². The highest BCUT2D eigenvalue weighted by Gasteiger charge is 2.23. The molecule has 0 aliphatic rings. The molecule has 0 fully saturated rings. The van der Waals surface area contributed by atoms with Crippen LogP contribution in [-0.4, -0.2) is 25.2 Å². The average Bonchev–Trinajstić information content (AvgIpc) is 3.20. The Bertz CT molecular complexity index is 897. The van der Waals surface area contributed by atoms with Crippen LogP contribution < -0.4 is 5.32 Å². The molecule has 6 nitrogen and oxygen atoms in total. The maximum Gasteiger partial charge on any atom is 0.255 e. The Balaban J connectivity index is 1.92. The SMILES string of the molecule is CCCn1ncc(C(=O)N[C@H](c2ccc(F)cc2)c2nccn2C)c1C. The predicted octanol–water partition coefficient (Wildman–Crippen LogP) is 2.99. The minimum Gasteiger partial charge on any atom is -0.338 e. The van der Waals surface area contributed by atoms with E-state index in [0.29, 0.717) is 11.4 Å². The highest BCUT2D eigenvalue weighted by Crippen LogP contribution is 2.22. The van der Waals surface area contributed by atoms with Gasteiger partial charge in [0.05, 0.1) is 11.8 Å². The van der Waals surface area contributed by atoms with Crippen molar-refractivity contribution in [1.82, 2.24) is 24.6 Å². The van der Waals surface area contributed by atoms with Crippen LogP contribution in [0.25, 0.3) is 0 Å². The maximum atomic E-state index is 13.3. The predicted molar refractivity (Wildman–Crippen MR) is 96.2 cm³/mol. The van der Waals surface area contributed by atoms with E-state index in [1.807, 2.05) is 29.4 Å². The van der Waals surface area contributed by atoms with Gasteiger partial charge in [-0.25, -0.2) is 9.37 Å². The Kier molecular flexibility index (Phi) is 5.16. The lowest BCUT2D eigenvalue weighted by Crippen LogP contribution is -2.31. The van der Waals surface area contributed by atoms with Gasteiger partial charge in [-0.1, -0.05) is 19.1 Å². The van der Waals surface area contributed by atoms with Crippen LogP contribution in [0.1, 0.15) is 46.8 Å². The van der Waals surface area contributed by atoms with E-state index in [0.717, 1.165) is 24.2 Å². The van der Waals surface area contributed by atoms with E-state index in [-0.39, 0.29) is 11.7 Å². The molecule has 136 valence electrons. The monoisotopic (exact) mass is 355 g/mol. The summed E-state index contributed by atoms with van der Waals surface area (Å²) < 4.78 is 17.0. The van der Waals surface area contributed by atoms with Crippen molar-refractivity contribution in [1.29, 1.82) is 0 Å². The van der Waals surface area contributed by atoms with E-state index < -0.39 is 6.04 Å². The summed E-state index contributed by atoms with van der Waals surface area (Å²) in [6, 6.07) is 5.58. The number of benzene rings is 1. The van der Waals surface area contributed by atoms with Gasteiger partial charge in [-0.15, -0.1) is 0 Å². The quantitative estimate of drug-likeness (QED) is 0.739. The number of hydrogen-bond acceptors (Lipinski definition) is 3. The van der Waals surface area contributed by atoms with Crippen molar-refractivity contribution in [2.75, 3.05) is 0 Å². The fourth-order valence-electron chi connectivity index (χ4n) is 2.92. The van der Waals surface area contributed by atoms with E-state index in [2.05, 4.69) is 22.3 Å². The topological polar surface area (TPSA) is 64.7 Å². The van der Waals surface area contributed by atoms with Crippen molar-refractivity contribution in [3.8, 4) is 0 Å². The molecule has 0 saturated carbocycles. The molecule has 0 spiro atoms. The zero-order valence-electron chi connectivity index (χ0n) is 15.1. The van der Waals surface area contributed by atoms with Gasteiger partial charge in [0.25, 0.3) is 5.91 Å². The van der Waals surface area contributed by atoms with E-state index in [9.17, 15) is 9.18 Å². The van der Waals surface area contributed by atoms with Crippen molar-refractivity contribution in [2.24, 2.45) is 7.05 Å². The Morgan fingerprint density at radius 2 is 2.04 bits per heavy atom. The molecule has 1 atom stereocenters. The van der Waals surface area contributed by atoms with Gasteiger partial charge < -0.3 is 9.88 Å². The first kappa shape index (κ1) is 17.8. The molecule has 1 amide bonds. The van der Waals surface area contributed by atoms with Crippen LogP contribution in [0.3, 0.4) is 0 Å². The third kappa shape index (κ3) is 3.51. The first-order valence-electron chi connectivity index (χ1n) is 8.57. The van der Waals surface area contributed by atoms with E-state index in [1.54, 1.807) is 24.5 Å². The summed E-state index contributed by atoms with van der Waals surface area (Å²) >= 11 is 0. The molecule has 1 N–H and O–H groups in total. The molecule has 3 rings (SSSR count). The van der Waals surface area contributed by atoms with Gasteiger partial charge in [0.1, 0.15) is 17.7 Å². The Morgan fingerprint density at radius 1 is 1.31 bits per heavy atom. The molecular formula is C19H22FN5O. The second-order valence-electron chi connectivity index (χ2n) is 6.22. The summed E-state index contributed by atoms with van der Waals surface area (Å²) in [5, 5.41) is 7.29. The number of nitrogens with zero attached hydrogens (tertiary/aromatic N) is 4. The highest BCUT2D eigenvalue weighted by atomic mass is 19.1. The number of carbonyl (C=O) groups is 1. The molecule has 7 heteroatoms. The largest absolute Gasteiger partial charge is 0.338 e. The first-order valence-corrected chi connectivity index (χ1v) is 8.57. The first-order chi connectivity index (χ1) is 12.5. The smallest absolute Gasteiger partial charge is 0.255 e. The molecule has 2 aromatic heterocycles. The molecule has 0 radical (unpaired) electrons. The molecule has 2 heterocycles.